The van der Waals surface area contributed by atoms with Crippen molar-refractivity contribution in [3.8, 4) is 0 Å². The second-order valence-electron chi connectivity index (χ2n) is 4.46. The molecule has 0 unspecified atom stereocenters. The number of rotatable bonds is 6. The number of carbonyl (C=O) groups is 1. The molecule has 0 atom stereocenters. The van der Waals surface area contributed by atoms with Crippen LogP contribution in [0.25, 0.3) is 0 Å². The van der Waals surface area contributed by atoms with Crippen LogP contribution in [0, 0.1) is 5.82 Å². The zero-order chi connectivity index (χ0) is 15.8. The Bertz CT molecular complexity index is 644. The lowest BCUT2D eigenvalue weighted by atomic mass is 10.2. The van der Waals surface area contributed by atoms with Crippen molar-refractivity contribution in [3.63, 3.8) is 0 Å². The lowest BCUT2D eigenvalue weighted by Crippen LogP contribution is -2.19. The summed E-state index contributed by atoms with van der Waals surface area (Å²) in [5.41, 5.74) is 4.26. The molecule has 1 N–H and O–H groups in total. The number of amides is 1. The van der Waals surface area contributed by atoms with E-state index >= 15 is 0 Å². The SMILES string of the molecule is O=C(CSCc1ccc(Cl)cc1)N/N=C\c1ccc(F)cc1. The number of carbonyl (C=O) groups excluding carboxylic acids is 1. The molecule has 0 aromatic heterocycles. The average molecular weight is 337 g/mol. The second-order valence-corrected chi connectivity index (χ2v) is 5.89. The largest absolute Gasteiger partial charge is 0.272 e. The Morgan fingerprint density at radius 1 is 1.18 bits per heavy atom. The van der Waals surface area contributed by atoms with Gasteiger partial charge in [0, 0.05) is 10.8 Å². The highest BCUT2D eigenvalue weighted by molar-refractivity contribution is 7.99. The summed E-state index contributed by atoms with van der Waals surface area (Å²) in [5.74, 6) is 0.549. The highest BCUT2D eigenvalue weighted by atomic mass is 35.5. The molecule has 114 valence electrons. The number of thioether (sulfide) groups is 1. The van der Waals surface area contributed by atoms with Gasteiger partial charge in [-0.3, -0.25) is 4.79 Å². The zero-order valence-electron chi connectivity index (χ0n) is 11.6. The van der Waals surface area contributed by atoms with Crippen molar-refractivity contribution in [2.45, 2.75) is 5.75 Å². The summed E-state index contributed by atoms with van der Waals surface area (Å²) in [5, 5.41) is 4.53. The maximum atomic E-state index is 12.7. The molecule has 0 bridgehead atoms. The van der Waals surface area contributed by atoms with Gasteiger partial charge in [-0.05, 0) is 35.4 Å². The van der Waals surface area contributed by atoms with Crippen LogP contribution in [0.4, 0.5) is 4.39 Å². The molecular formula is C16H14ClFN2OS. The normalized spacial score (nSPS) is 10.8. The summed E-state index contributed by atoms with van der Waals surface area (Å²) >= 11 is 7.29. The first kappa shape index (κ1) is 16.5. The van der Waals surface area contributed by atoms with Gasteiger partial charge in [-0.2, -0.15) is 5.10 Å². The molecule has 2 aromatic carbocycles. The van der Waals surface area contributed by atoms with Crippen molar-refractivity contribution in [2.24, 2.45) is 5.10 Å². The molecule has 0 fully saturated rings. The number of benzene rings is 2. The van der Waals surface area contributed by atoms with Crippen molar-refractivity contribution < 1.29 is 9.18 Å². The maximum Gasteiger partial charge on any atom is 0.250 e. The number of nitrogens with one attached hydrogen (secondary N) is 1. The van der Waals surface area contributed by atoms with Crippen LogP contribution in [0.5, 0.6) is 0 Å². The van der Waals surface area contributed by atoms with E-state index in [0.717, 1.165) is 16.9 Å². The molecule has 1 amide bonds. The minimum Gasteiger partial charge on any atom is -0.272 e. The van der Waals surface area contributed by atoms with E-state index in [4.69, 9.17) is 11.6 Å². The Morgan fingerprint density at radius 2 is 1.86 bits per heavy atom. The van der Waals surface area contributed by atoms with Gasteiger partial charge in [-0.1, -0.05) is 35.9 Å². The highest BCUT2D eigenvalue weighted by Gasteiger charge is 2.00. The van der Waals surface area contributed by atoms with Crippen molar-refractivity contribution in [2.75, 3.05) is 5.75 Å². The quantitative estimate of drug-likeness (QED) is 0.643. The summed E-state index contributed by atoms with van der Waals surface area (Å²) in [4.78, 5) is 11.6. The molecule has 2 aromatic rings. The molecular weight excluding hydrogens is 323 g/mol. The molecule has 3 nitrogen and oxygen atoms in total. The van der Waals surface area contributed by atoms with E-state index in [1.807, 2.05) is 24.3 Å². The van der Waals surface area contributed by atoms with Crippen LogP contribution in [-0.4, -0.2) is 17.9 Å². The van der Waals surface area contributed by atoms with Gasteiger partial charge in [0.05, 0.1) is 12.0 Å². The Morgan fingerprint density at radius 3 is 2.55 bits per heavy atom. The fraction of sp³-hybridized carbons (Fsp3) is 0.125. The van der Waals surface area contributed by atoms with Crippen LogP contribution in [0.3, 0.4) is 0 Å². The van der Waals surface area contributed by atoms with E-state index in [1.165, 1.54) is 30.1 Å². The topological polar surface area (TPSA) is 41.5 Å². The van der Waals surface area contributed by atoms with Gasteiger partial charge >= 0.3 is 0 Å². The van der Waals surface area contributed by atoms with Crippen LogP contribution in [0.1, 0.15) is 11.1 Å². The molecule has 0 saturated heterocycles. The molecule has 22 heavy (non-hydrogen) atoms. The molecule has 0 aliphatic heterocycles. The van der Waals surface area contributed by atoms with Gasteiger partial charge < -0.3 is 0 Å². The van der Waals surface area contributed by atoms with E-state index < -0.39 is 0 Å². The third kappa shape index (κ3) is 5.87. The van der Waals surface area contributed by atoms with Gasteiger partial charge in [-0.25, -0.2) is 9.82 Å². The fourth-order valence-electron chi connectivity index (χ4n) is 1.60. The summed E-state index contributed by atoms with van der Waals surface area (Å²) < 4.78 is 12.7. The summed E-state index contributed by atoms with van der Waals surface area (Å²) in [6.07, 6.45) is 1.47. The number of hydrazone groups is 1. The molecule has 0 aliphatic rings. The number of nitrogens with zero attached hydrogens (tertiary/aromatic N) is 1. The first-order valence-electron chi connectivity index (χ1n) is 6.53. The van der Waals surface area contributed by atoms with Gasteiger partial charge in [-0.15, -0.1) is 11.8 Å². The van der Waals surface area contributed by atoms with E-state index in [9.17, 15) is 9.18 Å². The van der Waals surface area contributed by atoms with Crippen molar-refractivity contribution >= 4 is 35.5 Å². The van der Waals surface area contributed by atoms with E-state index in [1.54, 1.807) is 12.1 Å². The van der Waals surface area contributed by atoms with Crippen molar-refractivity contribution in [3.05, 3.63) is 70.5 Å². The number of hydrogen-bond donors (Lipinski definition) is 1. The maximum absolute atomic E-state index is 12.7. The summed E-state index contributed by atoms with van der Waals surface area (Å²) in [6, 6.07) is 13.4. The molecule has 0 heterocycles. The lowest BCUT2D eigenvalue weighted by molar-refractivity contribution is -0.118. The zero-order valence-corrected chi connectivity index (χ0v) is 13.2. The third-order valence-electron chi connectivity index (χ3n) is 2.69. The standard InChI is InChI=1S/C16H14ClFN2OS/c17-14-5-1-13(2-6-14)10-22-11-16(21)20-19-9-12-3-7-15(18)8-4-12/h1-9H,10-11H2,(H,20,21)/b19-9-. The molecule has 0 spiro atoms. The predicted octanol–water partition coefficient (Wildman–Crippen LogP) is 3.86. The highest BCUT2D eigenvalue weighted by Crippen LogP contribution is 2.15. The van der Waals surface area contributed by atoms with Crippen LogP contribution in [0.15, 0.2) is 53.6 Å². The molecule has 6 heteroatoms. The third-order valence-corrected chi connectivity index (χ3v) is 3.94. The average Bonchev–Trinajstić information content (AvgIpc) is 2.51. The fourth-order valence-corrected chi connectivity index (χ4v) is 2.51. The monoisotopic (exact) mass is 336 g/mol. The molecule has 0 aliphatic carbocycles. The van der Waals surface area contributed by atoms with Gasteiger partial charge in [0.25, 0.3) is 0 Å². The molecule has 0 radical (unpaired) electrons. The van der Waals surface area contributed by atoms with Gasteiger partial charge in [0.2, 0.25) is 5.91 Å². The first-order chi connectivity index (χ1) is 10.6. The Hall–Kier alpha value is -1.85. The minimum atomic E-state index is -0.306. The van der Waals surface area contributed by atoms with Gasteiger partial charge in [0.1, 0.15) is 5.82 Å². The minimum absolute atomic E-state index is 0.183. The Kier molecular flexibility index (Phi) is 6.43. The van der Waals surface area contributed by atoms with E-state index in [0.29, 0.717) is 10.8 Å². The van der Waals surface area contributed by atoms with E-state index in [2.05, 4.69) is 10.5 Å². The molecule has 0 saturated carbocycles. The van der Waals surface area contributed by atoms with Crippen LogP contribution >= 0.6 is 23.4 Å². The van der Waals surface area contributed by atoms with Crippen molar-refractivity contribution in [1.82, 2.24) is 5.43 Å². The summed E-state index contributed by atoms with van der Waals surface area (Å²) in [6.45, 7) is 0. The summed E-state index contributed by atoms with van der Waals surface area (Å²) in [7, 11) is 0. The van der Waals surface area contributed by atoms with E-state index in [-0.39, 0.29) is 11.7 Å². The predicted molar refractivity (Wildman–Crippen MR) is 89.8 cm³/mol. The van der Waals surface area contributed by atoms with Crippen LogP contribution < -0.4 is 5.43 Å². The lowest BCUT2D eigenvalue weighted by Gasteiger charge is -2.01. The second kappa shape index (κ2) is 8.56. The smallest absolute Gasteiger partial charge is 0.250 e. The number of hydrogen-bond acceptors (Lipinski definition) is 3. The van der Waals surface area contributed by atoms with Crippen molar-refractivity contribution in [1.29, 1.82) is 0 Å². The van der Waals surface area contributed by atoms with Crippen LogP contribution in [-0.2, 0) is 10.5 Å². The Labute approximate surface area is 137 Å². The van der Waals surface area contributed by atoms with Crippen LogP contribution in [0.2, 0.25) is 5.02 Å². The van der Waals surface area contributed by atoms with Gasteiger partial charge in [0.15, 0.2) is 0 Å². The molecule has 2 rings (SSSR count). The number of halogens is 2. The first-order valence-corrected chi connectivity index (χ1v) is 8.06. The Balaban J connectivity index is 1.69.